The van der Waals surface area contributed by atoms with Crippen LogP contribution in [0, 0.1) is 6.92 Å². The van der Waals surface area contributed by atoms with Gasteiger partial charge in [0, 0.05) is 10.4 Å². The van der Waals surface area contributed by atoms with Crippen molar-refractivity contribution in [2.24, 2.45) is 0 Å². The quantitative estimate of drug-likeness (QED) is 0.894. The summed E-state index contributed by atoms with van der Waals surface area (Å²) in [6.45, 7) is 2.26. The molecule has 1 N–H and O–H groups in total. The molecule has 2 aromatic rings. The van der Waals surface area contributed by atoms with Crippen LogP contribution >= 0.6 is 11.6 Å². The molecule has 0 aliphatic carbocycles. The Kier molecular flexibility index (Phi) is 2.83. The monoisotopic (exact) mass is 238 g/mol. The number of aliphatic carboxylic acids is 1. The second-order valence-electron chi connectivity index (χ2n) is 3.61. The molecular formula is C11H11ClN2O2. The van der Waals surface area contributed by atoms with E-state index in [1.165, 1.54) is 0 Å². The summed E-state index contributed by atoms with van der Waals surface area (Å²) in [6, 6.07) is 5.48. The lowest BCUT2D eigenvalue weighted by molar-refractivity contribution is -0.137. The molecule has 84 valence electrons. The highest BCUT2D eigenvalue weighted by molar-refractivity contribution is 6.31. The number of aromatic nitrogens is 2. The van der Waals surface area contributed by atoms with Crippen LogP contribution in [-0.4, -0.2) is 20.9 Å². The summed E-state index contributed by atoms with van der Waals surface area (Å²) in [5, 5.41) is 14.6. The lowest BCUT2D eigenvalue weighted by Gasteiger charge is -2.00. The number of fused-ring (bicyclic) bond motifs is 1. The highest BCUT2D eigenvalue weighted by Crippen LogP contribution is 2.22. The molecule has 4 nitrogen and oxygen atoms in total. The Morgan fingerprint density at radius 2 is 2.31 bits per heavy atom. The van der Waals surface area contributed by atoms with E-state index in [2.05, 4.69) is 5.10 Å². The molecule has 1 aromatic heterocycles. The van der Waals surface area contributed by atoms with Crippen LogP contribution in [0.3, 0.4) is 0 Å². The molecule has 0 saturated carbocycles. The Bertz CT molecular complexity index is 548. The smallest absolute Gasteiger partial charge is 0.305 e. The van der Waals surface area contributed by atoms with E-state index >= 15 is 0 Å². The highest BCUT2D eigenvalue weighted by Gasteiger charge is 2.08. The number of nitrogens with zero attached hydrogens (tertiary/aromatic N) is 2. The molecule has 0 radical (unpaired) electrons. The third-order valence-electron chi connectivity index (χ3n) is 2.43. The number of aryl methyl sites for hydroxylation is 2. The van der Waals surface area contributed by atoms with Crippen molar-refractivity contribution in [2.75, 3.05) is 0 Å². The molecule has 5 heteroatoms. The Morgan fingerprint density at radius 3 is 3.00 bits per heavy atom. The molecule has 2 rings (SSSR count). The fraction of sp³-hybridized carbons (Fsp3) is 0.273. The van der Waals surface area contributed by atoms with Crippen LogP contribution in [0.15, 0.2) is 18.2 Å². The van der Waals surface area contributed by atoms with Crippen molar-refractivity contribution in [2.45, 2.75) is 19.9 Å². The van der Waals surface area contributed by atoms with Gasteiger partial charge in [0.15, 0.2) is 0 Å². The summed E-state index contributed by atoms with van der Waals surface area (Å²) < 4.78 is 1.70. The van der Waals surface area contributed by atoms with Crippen LogP contribution in [0.1, 0.15) is 12.1 Å². The van der Waals surface area contributed by atoms with E-state index in [9.17, 15) is 4.79 Å². The molecule has 0 fully saturated rings. The second-order valence-corrected chi connectivity index (χ2v) is 4.05. The molecule has 0 unspecified atom stereocenters. The van der Waals surface area contributed by atoms with Crippen LogP contribution < -0.4 is 0 Å². The predicted octanol–water partition coefficient (Wildman–Crippen LogP) is 2.47. The number of carboxylic acid groups (broad SMARTS) is 1. The van der Waals surface area contributed by atoms with Crippen molar-refractivity contribution in [3.8, 4) is 0 Å². The average molecular weight is 239 g/mol. The maximum atomic E-state index is 10.5. The highest BCUT2D eigenvalue weighted by atomic mass is 35.5. The van der Waals surface area contributed by atoms with Crippen molar-refractivity contribution >= 4 is 28.5 Å². The molecule has 0 aliphatic rings. The first-order valence-electron chi connectivity index (χ1n) is 4.92. The molecule has 0 spiro atoms. The van der Waals surface area contributed by atoms with Gasteiger partial charge in [-0.2, -0.15) is 5.10 Å². The van der Waals surface area contributed by atoms with Crippen LogP contribution in [-0.2, 0) is 11.3 Å². The standard InChI is InChI=1S/C11H11ClN2O2/c1-7-9-6-8(12)2-3-10(9)14(13-7)5-4-11(15)16/h2-3,6H,4-5H2,1H3,(H,15,16). The summed E-state index contributed by atoms with van der Waals surface area (Å²) in [5.74, 6) is -0.824. The van der Waals surface area contributed by atoms with Gasteiger partial charge >= 0.3 is 5.97 Å². The third-order valence-corrected chi connectivity index (χ3v) is 2.67. The Balaban J connectivity index is 2.43. The zero-order chi connectivity index (χ0) is 11.7. The minimum atomic E-state index is -0.824. The van der Waals surface area contributed by atoms with Gasteiger partial charge in [-0.1, -0.05) is 11.6 Å². The Morgan fingerprint density at radius 1 is 1.56 bits per heavy atom. The van der Waals surface area contributed by atoms with Crippen molar-refractivity contribution in [1.29, 1.82) is 0 Å². The van der Waals surface area contributed by atoms with Crippen LogP contribution in [0.2, 0.25) is 5.02 Å². The molecular weight excluding hydrogens is 228 g/mol. The van der Waals surface area contributed by atoms with Gasteiger partial charge in [-0.25, -0.2) is 0 Å². The zero-order valence-corrected chi connectivity index (χ0v) is 9.53. The first kappa shape index (κ1) is 11.0. The van der Waals surface area contributed by atoms with Crippen LogP contribution in [0.4, 0.5) is 0 Å². The lowest BCUT2D eigenvalue weighted by atomic mass is 10.2. The largest absolute Gasteiger partial charge is 0.481 e. The van der Waals surface area contributed by atoms with E-state index in [0.29, 0.717) is 11.6 Å². The lowest BCUT2D eigenvalue weighted by Crippen LogP contribution is -2.05. The van der Waals surface area contributed by atoms with E-state index < -0.39 is 5.97 Å². The summed E-state index contributed by atoms with van der Waals surface area (Å²) in [4.78, 5) is 10.5. The third kappa shape index (κ3) is 2.02. The minimum Gasteiger partial charge on any atom is -0.481 e. The van der Waals surface area contributed by atoms with Gasteiger partial charge in [0.25, 0.3) is 0 Å². The van der Waals surface area contributed by atoms with Crippen molar-refractivity contribution in [3.63, 3.8) is 0 Å². The van der Waals surface area contributed by atoms with Gasteiger partial charge in [-0.05, 0) is 25.1 Å². The molecule has 0 aliphatic heterocycles. The van der Waals surface area contributed by atoms with E-state index in [1.807, 2.05) is 19.1 Å². The van der Waals surface area contributed by atoms with E-state index in [-0.39, 0.29) is 6.42 Å². The molecule has 0 amide bonds. The fourth-order valence-electron chi connectivity index (χ4n) is 1.68. The number of halogens is 1. The van der Waals surface area contributed by atoms with E-state index in [4.69, 9.17) is 16.7 Å². The normalized spacial score (nSPS) is 10.9. The molecule has 1 heterocycles. The minimum absolute atomic E-state index is 0.0683. The van der Waals surface area contributed by atoms with Crippen LogP contribution in [0.5, 0.6) is 0 Å². The predicted molar refractivity (Wildman–Crippen MR) is 61.7 cm³/mol. The average Bonchev–Trinajstić information content (AvgIpc) is 2.53. The van der Waals surface area contributed by atoms with Crippen molar-refractivity contribution in [3.05, 3.63) is 28.9 Å². The molecule has 0 saturated heterocycles. The SMILES string of the molecule is Cc1nn(CCC(=O)O)c2ccc(Cl)cc12. The second kappa shape index (κ2) is 4.14. The van der Waals surface area contributed by atoms with E-state index in [1.54, 1.807) is 10.7 Å². The summed E-state index contributed by atoms with van der Waals surface area (Å²) >= 11 is 5.90. The summed E-state index contributed by atoms with van der Waals surface area (Å²) in [6.07, 6.45) is 0.0683. The zero-order valence-electron chi connectivity index (χ0n) is 8.77. The van der Waals surface area contributed by atoms with Crippen LogP contribution in [0.25, 0.3) is 10.9 Å². The Hall–Kier alpha value is -1.55. The van der Waals surface area contributed by atoms with Gasteiger partial charge in [-0.15, -0.1) is 0 Å². The molecule has 1 aromatic carbocycles. The fourth-order valence-corrected chi connectivity index (χ4v) is 1.86. The number of hydrogen-bond donors (Lipinski definition) is 1. The van der Waals surface area contributed by atoms with Gasteiger partial charge in [-0.3, -0.25) is 9.48 Å². The van der Waals surface area contributed by atoms with Gasteiger partial charge in [0.2, 0.25) is 0 Å². The number of hydrogen-bond acceptors (Lipinski definition) is 2. The maximum Gasteiger partial charge on any atom is 0.305 e. The Labute approximate surface area is 97.4 Å². The molecule has 0 atom stereocenters. The summed E-state index contributed by atoms with van der Waals surface area (Å²) in [5.41, 5.74) is 1.78. The maximum absolute atomic E-state index is 10.5. The van der Waals surface area contributed by atoms with Gasteiger partial charge in [0.1, 0.15) is 0 Å². The number of benzene rings is 1. The van der Waals surface area contributed by atoms with Gasteiger partial charge < -0.3 is 5.11 Å². The van der Waals surface area contributed by atoms with E-state index in [0.717, 1.165) is 16.6 Å². The van der Waals surface area contributed by atoms with Crippen molar-refractivity contribution < 1.29 is 9.90 Å². The summed E-state index contributed by atoms with van der Waals surface area (Å²) in [7, 11) is 0. The first-order valence-corrected chi connectivity index (χ1v) is 5.30. The first-order chi connectivity index (χ1) is 7.58. The number of carbonyl (C=O) groups is 1. The van der Waals surface area contributed by atoms with Gasteiger partial charge in [0.05, 0.1) is 24.2 Å². The van der Waals surface area contributed by atoms with Crippen molar-refractivity contribution in [1.82, 2.24) is 9.78 Å². The molecule has 16 heavy (non-hydrogen) atoms. The topological polar surface area (TPSA) is 55.1 Å². The number of carboxylic acids is 1. The number of rotatable bonds is 3. The molecule has 0 bridgehead atoms.